The lowest BCUT2D eigenvalue weighted by Gasteiger charge is -2.34. The summed E-state index contributed by atoms with van der Waals surface area (Å²) < 4.78 is 5.28. The molecule has 1 fully saturated rings. The van der Waals surface area contributed by atoms with E-state index in [0.717, 1.165) is 61.3 Å². The van der Waals surface area contributed by atoms with E-state index < -0.39 is 0 Å². The first-order valence-electron chi connectivity index (χ1n) is 9.18. The zero-order chi connectivity index (χ0) is 18.6. The Morgan fingerprint density at radius 1 is 1.15 bits per heavy atom. The zero-order valence-corrected chi connectivity index (χ0v) is 15.4. The fraction of sp³-hybridized carbons (Fsp3) is 0.350. The van der Waals surface area contributed by atoms with E-state index >= 15 is 0 Å². The summed E-state index contributed by atoms with van der Waals surface area (Å²) in [6.07, 6.45) is 4.41. The van der Waals surface area contributed by atoms with Gasteiger partial charge in [0.05, 0.1) is 12.6 Å². The molecule has 3 heterocycles. The Labute approximate surface area is 158 Å². The summed E-state index contributed by atoms with van der Waals surface area (Å²) in [7, 11) is 1.61. The molecule has 4 rings (SSSR count). The van der Waals surface area contributed by atoms with Crippen molar-refractivity contribution in [1.29, 1.82) is 0 Å². The third-order valence-corrected chi connectivity index (χ3v) is 5.08. The van der Waals surface area contributed by atoms with Gasteiger partial charge in [-0.2, -0.15) is 4.98 Å². The van der Waals surface area contributed by atoms with Gasteiger partial charge in [0.1, 0.15) is 11.8 Å². The third kappa shape index (κ3) is 3.64. The van der Waals surface area contributed by atoms with Gasteiger partial charge in [-0.3, -0.25) is 9.69 Å². The van der Waals surface area contributed by atoms with Crippen LogP contribution in [0.2, 0.25) is 0 Å². The monoisotopic (exact) mass is 365 g/mol. The van der Waals surface area contributed by atoms with E-state index in [0.29, 0.717) is 5.88 Å². The van der Waals surface area contributed by atoms with Crippen LogP contribution in [0, 0.1) is 0 Å². The van der Waals surface area contributed by atoms with Gasteiger partial charge in [0.2, 0.25) is 5.88 Å². The minimum Gasteiger partial charge on any atom is -0.479 e. The van der Waals surface area contributed by atoms with Crippen molar-refractivity contribution in [2.24, 2.45) is 0 Å². The molecule has 7 heteroatoms. The number of nitrogens with zero attached hydrogens (tertiary/aromatic N) is 4. The van der Waals surface area contributed by atoms with Gasteiger partial charge in [-0.25, -0.2) is 4.98 Å². The number of hydrogen-bond acceptors (Lipinski definition) is 5. The lowest BCUT2D eigenvalue weighted by atomic mass is 10.1. The van der Waals surface area contributed by atoms with Gasteiger partial charge in [-0.1, -0.05) is 18.2 Å². The average molecular weight is 365 g/mol. The number of aromatic nitrogens is 3. The maximum Gasteiger partial charge on any atom is 0.253 e. The first-order valence-corrected chi connectivity index (χ1v) is 9.18. The smallest absolute Gasteiger partial charge is 0.253 e. The van der Waals surface area contributed by atoms with Gasteiger partial charge < -0.3 is 14.6 Å². The van der Waals surface area contributed by atoms with Crippen LogP contribution in [0.25, 0.3) is 11.0 Å². The zero-order valence-electron chi connectivity index (χ0n) is 15.4. The molecule has 0 saturated carbocycles. The standard InChI is InChI=1S/C20H23N5O2/c1-27-19-18-17(22-14-23-19)16(13-21-18)7-8-24-9-11-25(12-10-24)20(26)15-5-3-2-4-6-15/h2-6,13-14,21H,7-12H2,1H3. The molecule has 7 nitrogen and oxygen atoms in total. The van der Waals surface area contributed by atoms with Crippen LogP contribution in [0.4, 0.5) is 0 Å². The molecule has 1 aliphatic heterocycles. The predicted molar refractivity (Wildman–Crippen MR) is 103 cm³/mol. The normalized spacial score (nSPS) is 15.2. The largest absolute Gasteiger partial charge is 0.479 e. The maximum atomic E-state index is 12.5. The van der Waals surface area contributed by atoms with Crippen LogP contribution in [-0.4, -0.2) is 70.5 Å². The molecule has 1 aromatic carbocycles. The van der Waals surface area contributed by atoms with Crippen LogP contribution in [0.15, 0.2) is 42.9 Å². The number of methoxy groups -OCH3 is 1. The first kappa shape index (κ1) is 17.5. The van der Waals surface area contributed by atoms with E-state index in [1.54, 1.807) is 7.11 Å². The quantitative estimate of drug-likeness (QED) is 0.748. The number of H-pyrrole nitrogens is 1. The van der Waals surface area contributed by atoms with Crippen molar-refractivity contribution >= 4 is 16.9 Å². The van der Waals surface area contributed by atoms with Gasteiger partial charge in [0, 0.05) is 44.5 Å². The summed E-state index contributed by atoms with van der Waals surface area (Å²) in [4.78, 5) is 28.6. The van der Waals surface area contributed by atoms with Crippen LogP contribution in [0.3, 0.4) is 0 Å². The Morgan fingerprint density at radius 2 is 1.93 bits per heavy atom. The number of ether oxygens (including phenoxy) is 1. The summed E-state index contributed by atoms with van der Waals surface area (Å²) in [6, 6.07) is 9.50. The minimum atomic E-state index is 0.121. The van der Waals surface area contributed by atoms with Crippen LogP contribution >= 0.6 is 0 Å². The summed E-state index contributed by atoms with van der Waals surface area (Å²) in [5.74, 6) is 0.690. The third-order valence-electron chi connectivity index (χ3n) is 5.08. The van der Waals surface area contributed by atoms with E-state index in [1.807, 2.05) is 41.4 Å². The van der Waals surface area contributed by atoms with Gasteiger partial charge in [0.15, 0.2) is 0 Å². The van der Waals surface area contributed by atoms with E-state index in [4.69, 9.17) is 4.74 Å². The van der Waals surface area contributed by atoms with Crippen molar-refractivity contribution in [2.75, 3.05) is 39.8 Å². The second-order valence-corrected chi connectivity index (χ2v) is 6.67. The fourth-order valence-electron chi connectivity index (χ4n) is 3.53. The molecule has 2 aromatic heterocycles. The van der Waals surface area contributed by atoms with Crippen molar-refractivity contribution in [3.05, 3.63) is 54.0 Å². The Morgan fingerprint density at radius 3 is 2.67 bits per heavy atom. The van der Waals surface area contributed by atoms with E-state index in [2.05, 4.69) is 19.9 Å². The summed E-state index contributed by atoms with van der Waals surface area (Å²) in [5, 5.41) is 0. The fourth-order valence-corrected chi connectivity index (χ4v) is 3.53. The highest BCUT2D eigenvalue weighted by Gasteiger charge is 2.22. The Hall–Kier alpha value is -2.93. The highest BCUT2D eigenvalue weighted by molar-refractivity contribution is 5.94. The molecule has 0 radical (unpaired) electrons. The van der Waals surface area contributed by atoms with Gasteiger partial charge in [-0.15, -0.1) is 0 Å². The Kier molecular flexibility index (Phi) is 5.02. The topological polar surface area (TPSA) is 74.4 Å². The first-order chi connectivity index (χ1) is 13.3. The summed E-state index contributed by atoms with van der Waals surface area (Å²) in [6.45, 7) is 4.24. The van der Waals surface area contributed by atoms with E-state index in [1.165, 1.54) is 6.33 Å². The lowest BCUT2D eigenvalue weighted by Crippen LogP contribution is -2.49. The summed E-state index contributed by atoms with van der Waals surface area (Å²) in [5.41, 5.74) is 3.68. The highest BCUT2D eigenvalue weighted by Crippen LogP contribution is 2.23. The van der Waals surface area contributed by atoms with Crippen molar-refractivity contribution in [3.8, 4) is 5.88 Å². The highest BCUT2D eigenvalue weighted by atomic mass is 16.5. The van der Waals surface area contributed by atoms with Crippen molar-refractivity contribution in [1.82, 2.24) is 24.8 Å². The second kappa shape index (κ2) is 7.75. The van der Waals surface area contributed by atoms with Gasteiger partial charge >= 0.3 is 0 Å². The van der Waals surface area contributed by atoms with E-state index in [9.17, 15) is 4.79 Å². The minimum absolute atomic E-state index is 0.121. The lowest BCUT2D eigenvalue weighted by molar-refractivity contribution is 0.0638. The Bertz CT molecular complexity index is 917. The maximum absolute atomic E-state index is 12.5. The number of rotatable bonds is 5. The van der Waals surface area contributed by atoms with Crippen LogP contribution in [0.1, 0.15) is 15.9 Å². The molecular weight excluding hydrogens is 342 g/mol. The van der Waals surface area contributed by atoms with Crippen LogP contribution in [-0.2, 0) is 6.42 Å². The molecule has 0 bridgehead atoms. The molecule has 1 N–H and O–H groups in total. The molecule has 27 heavy (non-hydrogen) atoms. The second-order valence-electron chi connectivity index (χ2n) is 6.67. The molecular formula is C20H23N5O2. The number of benzene rings is 1. The van der Waals surface area contributed by atoms with Crippen molar-refractivity contribution in [2.45, 2.75) is 6.42 Å². The van der Waals surface area contributed by atoms with Crippen molar-refractivity contribution < 1.29 is 9.53 Å². The number of carbonyl (C=O) groups excluding carboxylic acids is 1. The predicted octanol–water partition coefficient (Wildman–Crippen LogP) is 1.97. The van der Waals surface area contributed by atoms with Gasteiger partial charge in [-0.05, 0) is 24.1 Å². The molecule has 0 spiro atoms. The summed E-state index contributed by atoms with van der Waals surface area (Å²) >= 11 is 0. The van der Waals surface area contributed by atoms with Crippen LogP contribution in [0.5, 0.6) is 5.88 Å². The number of aromatic amines is 1. The molecule has 140 valence electrons. The number of piperazine rings is 1. The van der Waals surface area contributed by atoms with E-state index in [-0.39, 0.29) is 5.91 Å². The average Bonchev–Trinajstić information content (AvgIpc) is 3.16. The molecule has 0 unspecified atom stereocenters. The number of amides is 1. The molecule has 3 aromatic rings. The molecule has 0 atom stereocenters. The van der Waals surface area contributed by atoms with Crippen LogP contribution < -0.4 is 4.74 Å². The Balaban J connectivity index is 1.33. The number of nitrogens with one attached hydrogen (secondary N) is 1. The van der Waals surface area contributed by atoms with Gasteiger partial charge in [0.25, 0.3) is 5.91 Å². The number of carbonyl (C=O) groups is 1. The number of fused-ring (bicyclic) bond motifs is 1. The molecule has 0 aliphatic carbocycles. The molecule has 1 aliphatic rings. The SMILES string of the molecule is COc1ncnc2c(CCN3CCN(C(=O)c4ccccc4)CC3)c[nH]c12. The molecule has 1 amide bonds. The molecule has 1 saturated heterocycles. The van der Waals surface area contributed by atoms with Crippen molar-refractivity contribution in [3.63, 3.8) is 0 Å². The number of hydrogen-bond donors (Lipinski definition) is 1.